The first-order valence-corrected chi connectivity index (χ1v) is 10.5. The molecule has 0 saturated heterocycles. The van der Waals surface area contributed by atoms with Gasteiger partial charge in [-0.15, -0.1) is 0 Å². The Morgan fingerprint density at radius 1 is 0.625 bits per heavy atom. The van der Waals surface area contributed by atoms with Crippen molar-refractivity contribution in [3.63, 3.8) is 0 Å². The summed E-state index contributed by atoms with van der Waals surface area (Å²) in [7, 11) is 0. The van der Waals surface area contributed by atoms with E-state index < -0.39 is 0 Å². The number of hydrogen-bond donors (Lipinski definition) is 1. The van der Waals surface area contributed by atoms with E-state index in [-0.39, 0.29) is 5.75 Å². The average molecular weight is 413 g/mol. The molecule has 1 N–H and O–H groups in total. The fraction of sp³-hybridized carbons (Fsp3) is 0. The Labute approximate surface area is 185 Å². The van der Waals surface area contributed by atoms with Crippen molar-refractivity contribution in [2.75, 3.05) is 0 Å². The van der Waals surface area contributed by atoms with E-state index in [4.69, 9.17) is 4.98 Å². The molecule has 0 aliphatic heterocycles. The van der Waals surface area contributed by atoms with E-state index in [1.165, 1.54) is 0 Å². The van der Waals surface area contributed by atoms with Gasteiger partial charge in [0.05, 0.1) is 11.0 Å². The van der Waals surface area contributed by atoms with Crippen LogP contribution in [-0.4, -0.2) is 19.6 Å². The molecule has 2 heterocycles. The molecule has 4 heteroatoms. The molecule has 0 fully saturated rings. The molecule has 0 aliphatic rings. The zero-order chi connectivity index (χ0) is 21.5. The van der Waals surface area contributed by atoms with Gasteiger partial charge in [0.1, 0.15) is 17.1 Å². The van der Waals surface area contributed by atoms with E-state index in [1.54, 1.807) is 6.20 Å². The smallest absolute Gasteiger partial charge is 0.149 e. The van der Waals surface area contributed by atoms with Crippen molar-refractivity contribution in [2.45, 2.75) is 0 Å². The standard InChI is InChI=1S/C28H19N3O/c32-27-22(17-16-19-9-8-18-29-26(19)27)21-12-4-5-13-23(21)28-30-24-14-6-7-15-25(24)31(28)20-10-2-1-3-11-20/h1-18,32H. The van der Waals surface area contributed by atoms with E-state index in [2.05, 4.69) is 33.8 Å². The Morgan fingerprint density at radius 2 is 1.38 bits per heavy atom. The maximum Gasteiger partial charge on any atom is 0.149 e. The lowest BCUT2D eigenvalue weighted by molar-refractivity contribution is 0.482. The Kier molecular flexibility index (Phi) is 4.22. The molecule has 6 aromatic rings. The highest BCUT2D eigenvalue weighted by Crippen LogP contribution is 2.40. The van der Waals surface area contributed by atoms with Crippen LogP contribution in [0.25, 0.3) is 50.1 Å². The minimum absolute atomic E-state index is 0.179. The highest BCUT2D eigenvalue weighted by atomic mass is 16.3. The second-order valence-electron chi connectivity index (χ2n) is 7.68. The molecule has 0 unspecified atom stereocenters. The molecular weight excluding hydrogens is 394 g/mol. The molecule has 0 radical (unpaired) electrons. The van der Waals surface area contributed by atoms with Gasteiger partial charge < -0.3 is 5.11 Å². The van der Waals surface area contributed by atoms with E-state index in [9.17, 15) is 5.11 Å². The van der Waals surface area contributed by atoms with Gasteiger partial charge in [-0.05, 0) is 42.0 Å². The van der Waals surface area contributed by atoms with Gasteiger partial charge in [0, 0.05) is 28.4 Å². The van der Waals surface area contributed by atoms with Crippen LogP contribution in [0.15, 0.2) is 109 Å². The van der Waals surface area contributed by atoms with E-state index in [0.29, 0.717) is 5.52 Å². The number of phenolic OH excluding ortho intramolecular Hbond substituents is 1. The van der Waals surface area contributed by atoms with Crippen molar-refractivity contribution in [2.24, 2.45) is 0 Å². The highest BCUT2D eigenvalue weighted by Gasteiger charge is 2.19. The summed E-state index contributed by atoms with van der Waals surface area (Å²) in [6.07, 6.45) is 1.70. The molecule has 32 heavy (non-hydrogen) atoms. The molecule has 0 saturated carbocycles. The maximum absolute atomic E-state index is 11.1. The fourth-order valence-corrected chi connectivity index (χ4v) is 4.31. The van der Waals surface area contributed by atoms with Gasteiger partial charge in [0.25, 0.3) is 0 Å². The van der Waals surface area contributed by atoms with Crippen molar-refractivity contribution in [3.05, 3.63) is 109 Å². The lowest BCUT2D eigenvalue weighted by Crippen LogP contribution is -1.98. The summed E-state index contributed by atoms with van der Waals surface area (Å²) in [4.78, 5) is 9.40. The minimum Gasteiger partial charge on any atom is -0.505 e. The Bertz CT molecular complexity index is 1590. The summed E-state index contributed by atoms with van der Waals surface area (Å²) in [5, 5.41) is 12.0. The van der Waals surface area contributed by atoms with Crippen LogP contribution in [0.4, 0.5) is 0 Å². The molecule has 0 spiro atoms. The Morgan fingerprint density at radius 3 is 2.25 bits per heavy atom. The minimum atomic E-state index is 0.179. The van der Waals surface area contributed by atoms with Crippen molar-refractivity contribution in [1.82, 2.24) is 14.5 Å². The zero-order valence-corrected chi connectivity index (χ0v) is 17.2. The lowest BCUT2D eigenvalue weighted by Gasteiger charge is -2.14. The van der Waals surface area contributed by atoms with Crippen molar-refractivity contribution in [1.29, 1.82) is 0 Å². The highest BCUT2D eigenvalue weighted by molar-refractivity contribution is 5.96. The summed E-state index contributed by atoms with van der Waals surface area (Å²) < 4.78 is 2.17. The second kappa shape index (κ2) is 7.36. The molecule has 0 amide bonds. The molecule has 152 valence electrons. The van der Waals surface area contributed by atoms with Crippen LogP contribution in [0.1, 0.15) is 0 Å². The van der Waals surface area contributed by atoms with Crippen LogP contribution >= 0.6 is 0 Å². The SMILES string of the molecule is Oc1c(-c2ccccc2-c2nc3ccccc3n2-c2ccccc2)ccc2cccnc12. The number of rotatable bonds is 3. The van der Waals surface area contributed by atoms with Gasteiger partial charge in [-0.3, -0.25) is 9.55 Å². The summed E-state index contributed by atoms with van der Waals surface area (Å²) >= 11 is 0. The molecule has 4 nitrogen and oxygen atoms in total. The molecule has 0 atom stereocenters. The number of pyridine rings is 1. The predicted molar refractivity (Wildman–Crippen MR) is 129 cm³/mol. The van der Waals surface area contributed by atoms with Gasteiger partial charge in [0.15, 0.2) is 0 Å². The monoisotopic (exact) mass is 413 g/mol. The van der Waals surface area contributed by atoms with Crippen LogP contribution in [0.3, 0.4) is 0 Å². The Hall–Kier alpha value is -4.44. The average Bonchev–Trinajstić information content (AvgIpc) is 3.24. The quantitative estimate of drug-likeness (QED) is 0.355. The van der Waals surface area contributed by atoms with Gasteiger partial charge in [0.2, 0.25) is 0 Å². The summed E-state index contributed by atoms with van der Waals surface area (Å²) in [5.41, 5.74) is 6.17. The molecular formula is C28H19N3O. The maximum atomic E-state index is 11.1. The molecule has 6 rings (SSSR count). The molecule has 4 aromatic carbocycles. The molecule has 2 aromatic heterocycles. The number of phenols is 1. The van der Waals surface area contributed by atoms with E-state index in [0.717, 1.165) is 44.6 Å². The van der Waals surface area contributed by atoms with Crippen LogP contribution in [0.5, 0.6) is 5.75 Å². The lowest BCUT2D eigenvalue weighted by atomic mass is 9.97. The number of hydrogen-bond acceptors (Lipinski definition) is 3. The van der Waals surface area contributed by atoms with Gasteiger partial charge in [-0.1, -0.05) is 66.7 Å². The van der Waals surface area contributed by atoms with E-state index in [1.807, 2.05) is 78.9 Å². The number of benzene rings is 4. The predicted octanol–water partition coefficient (Wildman–Crippen LogP) is 6.61. The van der Waals surface area contributed by atoms with E-state index >= 15 is 0 Å². The van der Waals surface area contributed by atoms with Crippen LogP contribution in [-0.2, 0) is 0 Å². The zero-order valence-electron chi connectivity index (χ0n) is 17.2. The van der Waals surface area contributed by atoms with Crippen molar-refractivity contribution in [3.8, 4) is 34.0 Å². The number of fused-ring (bicyclic) bond motifs is 2. The number of para-hydroxylation sites is 3. The third-order valence-corrected chi connectivity index (χ3v) is 5.78. The van der Waals surface area contributed by atoms with Crippen LogP contribution < -0.4 is 0 Å². The largest absolute Gasteiger partial charge is 0.505 e. The third-order valence-electron chi connectivity index (χ3n) is 5.78. The number of imidazole rings is 1. The molecule has 0 bridgehead atoms. The van der Waals surface area contributed by atoms with Crippen LogP contribution in [0.2, 0.25) is 0 Å². The van der Waals surface area contributed by atoms with Gasteiger partial charge >= 0.3 is 0 Å². The van der Waals surface area contributed by atoms with Gasteiger partial charge in [-0.25, -0.2) is 4.98 Å². The number of aromatic hydroxyl groups is 1. The topological polar surface area (TPSA) is 50.9 Å². The van der Waals surface area contributed by atoms with Crippen LogP contribution in [0, 0.1) is 0 Å². The first-order valence-electron chi connectivity index (χ1n) is 10.5. The number of aromatic nitrogens is 3. The molecule has 0 aliphatic carbocycles. The van der Waals surface area contributed by atoms with Crippen molar-refractivity contribution >= 4 is 21.9 Å². The van der Waals surface area contributed by atoms with Crippen molar-refractivity contribution < 1.29 is 5.11 Å². The summed E-state index contributed by atoms with van der Waals surface area (Å²) in [6, 6.07) is 34.2. The first kappa shape index (κ1) is 18.3. The second-order valence-corrected chi connectivity index (χ2v) is 7.68. The van der Waals surface area contributed by atoms with Gasteiger partial charge in [-0.2, -0.15) is 0 Å². The summed E-state index contributed by atoms with van der Waals surface area (Å²) in [6.45, 7) is 0. The number of nitrogens with zero attached hydrogens (tertiary/aromatic N) is 3. The first-order chi connectivity index (χ1) is 15.8. The normalized spacial score (nSPS) is 11.2. The third kappa shape index (κ3) is 2.85. The summed E-state index contributed by atoms with van der Waals surface area (Å²) in [5.74, 6) is 1.01. The Balaban J connectivity index is 1.66. The fourth-order valence-electron chi connectivity index (χ4n) is 4.31.